The third kappa shape index (κ3) is 4.65. The lowest BCUT2D eigenvalue weighted by Crippen LogP contribution is -2.51. The quantitative estimate of drug-likeness (QED) is 0.656. The third-order valence-electron chi connectivity index (χ3n) is 3.50. The van der Waals surface area contributed by atoms with Crippen molar-refractivity contribution in [2.75, 3.05) is 26.2 Å². The second-order valence-electron chi connectivity index (χ2n) is 5.37. The number of carbonyl (C=O) groups excluding carboxylic acids is 1. The molecule has 0 aromatic heterocycles. The van der Waals surface area contributed by atoms with Crippen molar-refractivity contribution >= 4 is 22.1 Å². The molecule has 1 heterocycles. The maximum absolute atomic E-state index is 12.6. The third-order valence-corrected chi connectivity index (χ3v) is 5.58. The number of carboxylic acid groups (broad SMARTS) is 1. The van der Waals surface area contributed by atoms with Gasteiger partial charge in [0.1, 0.15) is 6.04 Å². The Labute approximate surface area is 125 Å². The average Bonchev–Trinajstić information content (AvgIpc) is 2.80. The molecule has 0 aliphatic carbocycles. The monoisotopic (exact) mass is 321 g/mol. The summed E-state index contributed by atoms with van der Waals surface area (Å²) in [4.78, 5) is 22.0. The van der Waals surface area contributed by atoms with Crippen LogP contribution in [-0.2, 0) is 19.8 Å². The zero-order valence-electron chi connectivity index (χ0n) is 12.6. The summed E-state index contributed by atoms with van der Waals surface area (Å²) in [6.07, 6.45) is 0.764. The molecule has 2 unspecified atom stereocenters. The van der Waals surface area contributed by atoms with Crippen LogP contribution in [0.1, 0.15) is 27.2 Å². The minimum absolute atomic E-state index is 0.0692. The Morgan fingerprint density at radius 1 is 1.48 bits per heavy atom. The van der Waals surface area contributed by atoms with Gasteiger partial charge in [-0.05, 0) is 19.3 Å². The highest BCUT2D eigenvalue weighted by molar-refractivity contribution is 7.86. The molecule has 2 atom stereocenters. The number of carbonyl (C=O) groups is 2. The topological polar surface area (TPSA) is 107 Å². The number of amides is 1. The molecule has 0 radical (unpaired) electrons. The van der Waals surface area contributed by atoms with Gasteiger partial charge in [-0.25, -0.2) is 0 Å². The van der Waals surface area contributed by atoms with Crippen LogP contribution < -0.4 is 5.32 Å². The van der Waals surface area contributed by atoms with Gasteiger partial charge in [-0.3, -0.25) is 9.59 Å². The Bertz CT molecular complexity index is 493. The fraction of sp³-hybridized carbons (Fsp3) is 0.833. The van der Waals surface area contributed by atoms with E-state index < -0.39 is 22.2 Å². The number of rotatable bonds is 7. The van der Waals surface area contributed by atoms with E-state index >= 15 is 0 Å². The first-order chi connectivity index (χ1) is 9.66. The summed E-state index contributed by atoms with van der Waals surface area (Å²) in [6.45, 7) is 5.40. The van der Waals surface area contributed by atoms with Gasteiger partial charge in [-0.1, -0.05) is 6.92 Å². The minimum atomic E-state index is -3.84. The first-order valence-corrected chi connectivity index (χ1v) is 8.30. The molecule has 8 nitrogen and oxygen atoms in total. The number of nitrogens with one attached hydrogen (secondary N) is 1. The van der Waals surface area contributed by atoms with Crippen LogP contribution in [0.5, 0.6) is 0 Å². The molecule has 2 N–H and O–H groups in total. The van der Waals surface area contributed by atoms with Gasteiger partial charge < -0.3 is 10.4 Å². The van der Waals surface area contributed by atoms with E-state index in [1.807, 2.05) is 6.92 Å². The molecule has 1 fully saturated rings. The maximum Gasteiger partial charge on any atom is 0.321 e. The van der Waals surface area contributed by atoms with Crippen molar-refractivity contribution in [1.29, 1.82) is 0 Å². The molecule has 21 heavy (non-hydrogen) atoms. The van der Waals surface area contributed by atoms with Crippen LogP contribution in [0.15, 0.2) is 0 Å². The van der Waals surface area contributed by atoms with Crippen LogP contribution in [0.2, 0.25) is 0 Å². The summed E-state index contributed by atoms with van der Waals surface area (Å²) in [5.74, 6) is -1.24. The van der Waals surface area contributed by atoms with E-state index in [1.54, 1.807) is 0 Å². The summed E-state index contributed by atoms with van der Waals surface area (Å²) < 4.78 is 27.4. The summed E-state index contributed by atoms with van der Waals surface area (Å²) in [5.41, 5.74) is 0. The largest absolute Gasteiger partial charge is 0.480 e. The van der Waals surface area contributed by atoms with Crippen LogP contribution in [-0.4, -0.2) is 66.2 Å². The van der Waals surface area contributed by atoms with E-state index in [1.165, 1.54) is 18.2 Å². The van der Waals surface area contributed by atoms with Gasteiger partial charge >= 0.3 is 5.97 Å². The predicted molar refractivity (Wildman–Crippen MR) is 76.8 cm³/mol. The lowest BCUT2D eigenvalue weighted by atomic mass is 10.2. The van der Waals surface area contributed by atoms with Crippen LogP contribution in [0.3, 0.4) is 0 Å². The first kappa shape index (κ1) is 17.9. The van der Waals surface area contributed by atoms with Gasteiger partial charge in [0.2, 0.25) is 5.91 Å². The molecule has 9 heteroatoms. The molecule has 1 saturated heterocycles. The molecule has 1 amide bonds. The fourth-order valence-corrected chi connectivity index (χ4v) is 4.11. The molecule has 1 rings (SSSR count). The fourth-order valence-electron chi connectivity index (χ4n) is 2.23. The second-order valence-corrected chi connectivity index (χ2v) is 7.25. The van der Waals surface area contributed by atoms with E-state index in [2.05, 4.69) is 5.32 Å². The van der Waals surface area contributed by atoms with Gasteiger partial charge in [-0.2, -0.15) is 17.0 Å². The van der Waals surface area contributed by atoms with E-state index in [0.717, 1.165) is 10.7 Å². The molecule has 0 saturated carbocycles. The zero-order chi connectivity index (χ0) is 16.2. The Morgan fingerprint density at radius 2 is 2.10 bits per heavy atom. The number of hydrogen-bond donors (Lipinski definition) is 2. The van der Waals surface area contributed by atoms with Crippen molar-refractivity contribution in [2.45, 2.75) is 33.2 Å². The lowest BCUT2D eigenvalue weighted by molar-refractivity contribution is -0.140. The van der Waals surface area contributed by atoms with Crippen molar-refractivity contribution in [3.8, 4) is 0 Å². The van der Waals surface area contributed by atoms with Crippen LogP contribution >= 0.6 is 0 Å². The Balaban J connectivity index is 2.88. The van der Waals surface area contributed by atoms with Crippen LogP contribution in [0.4, 0.5) is 0 Å². The Hall–Kier alpha value is -1.19. The van der Waals surface area contributed by atoms with Gasteiger partial charge in [0.25, 0.3) is 10.2 Å². The van der Waals surface area contributed by atoms with Crippen LogP contribution in [0, 0.1) is 5.92 Å². The molecule has 0 aromatic carbocycles. The molecule has 1 aliphatic heterocycles. The molecule has 122 valence electrons. The van der Waals surface area contributed by atoms with Crippen molar-refractivity contribution in [2.24, 2.45) is 5.92 Å². The SMILES string of the molecule is CC(=O)NCCN(C(C)C(=O)O)S(=O)(=O)N1CCC(C)C1. The number of nitrogens with zero attached hydrogens (tertiary/aromatic N) is 2. The summed E-state index contributed by atoms with van der Waals surface area (Å²) >= 11 is 0. The molecule has 0 aromatic rings. The molecule has 0 spiro atoms. The van der Waals surface area contributed by atoms with E-state index in [0.29, 0.717) is 13.1 Å². The highest BCUT2D eigenvalue weighted by Crippen LogP contribution is 2.22. The Kier molecular flexibility index (Phi) is 6.11. The van der Waals surface area contributed by atoms with Crippen molar-refractivity contribution in [1.82, 2.24) is 13.9 Å². The summed E-state index contributed by atoms with van der Waals surface area (Å²) in [7, 11) is -3.84. The number of hydrogen-bond acceptors (Lipinski definition) is 4. The van der Waals surface area contributed by atoms with E-state index in [9.17, 15) is 18.0 Å². The average molecular weight is 321 g/mol. The highest BCUT2D eigenvalue weighted by atomic mass is 32.2. The van der Waals surface area contributed by atoms with Gasteiger partial charge in [0.05, 0.1) is 0 Å². The lowest BCUT2D eigenvalue weighted by Gasteiger charge is -2.30. The molecule has 1 aliphatic rings. The first-order valence-electron chi connectivity index (χ1n) is 6.90. The minimum Gasteiger partial charge on any atom is -0.480 e. The highest BCUT2D eigenvalue weighted by Gasteiger charge is 2.38. The van der Waals surface area contributed by atoms with E-state index in [-0.39, 0.29) is 24.9 Å². The second kappa shape index (κ2) is 7.19. The smallest absolute Gasteiger partial charge is 0.321 e. The van der Waals surface area contributed by atoms with Crippen LogP contribution in [0.25, 0.3) is 0 Å². The summed E-state index contributed by atoms with van der Waals surface area (Å²) in [6, 6.07) is -1.18. The standard InChI is InChI=1S/C12H23N3O5S/c1-9-4-6-14(8-9)21(19,20)15(10(2)12(17)18)7-5-13-11(3)16/h9-10H,4-8H2,1-3H3,(H,13,16)(H,17,18). The van der Waals surface area contributed by atoms with Gasteiger partial charge in [-0.15, -0.1) is 0 Å². The van der Waals surface area contributed by atoms with E-state index in [4.69, 9.17) is 5.11 Å². The zero-order valence-corrected chi connectivity index (χ0v) is 13.4. The summed E-state index contributed by atoms with van der Waals surface area (Å²) in [5, 5.41) is 11.6. The number of aliphatic carboxylic acids is 1. The molecular weight excluding hydrogens is 298 g/mol. The molecule has 0 bridgehead atoms. The number of carboxylic acids is 1. The normalized spacial score (nSPS) is 21.4. The Morgan fingerprint density at radius 3 is 2.52 bits per heavy atom. The van der Waals surface area contributed by atoms with Gasteiger partial charge in [0.15, 0.2) is 0 Å². The van der Waals surface area contributed by atoms with Crippen molar-refractivity contribution in [3.05, 3.63) is 0 Å². The predicted octanol–water partition coefficient (Wildman–Crippen LogP) is -0.516. The molecular formula is C12H23N3O5S. The van der Waals surface area contributed by atoms with Gasteiger partial charge in [0, 0.05) is 33.1 Å². The maximum atomic E-state index is 12.6. The van der Waals surface area contributed by atoms with Crippen molar-refractivity contribution < 1.29 is 23.1 Å². The van der Waals surface area contributed by atoms with Crippen molar-refractivity contribution in [3.63, 3.8) is 0 Å².